The van der Waals surface area contributed by atoms with E-state index in [1.165, 1.54) is 49.7 Å². The van der Waals surface area contributed by atoms with Crippen LogP contribution in [-0.2, 0) is 12.8 Å². The van der Waals surface area contributed by atoms with Crippen LogP contribution in [0.5, 0.6) is 0 Å². The van der Waals surface area contributed by atoms with E-state index in [4.69, 9.17) is 0 Å². The Bertz CT molecular complexity index is 440. The normalized spacial score (nSPS) is 27.3. The van der Waals surface area contributed by atoms with Crippen LogP contribution < -0.4 is 5.32 Å². The molecule has 1 N–H and O–H groups in total. The Hall–Kier alpha value is -0.380. The first-order valence-electron chi connectivity index (χ1n) is 7.44. The zero-order valence-corrected chi connectivity index (χ0v) is 13.2. The van der Waals surface area contributed by atoms with Gasteiger partial charge in [0.05, 0.1) is 0 Å². The lowest BCUT2D eigenvalue weighted by Crippen LogP contribution is -2.49. The van der Waals surface area contributed by atoms with Gasteiger partial charge >= 0.3 is 0 Å². The molecule has 2 aliphatic rings. The molecule has 0 saturated carbocycles. The van der Waals surface area contributed by atoms with Gasteiger partial charge < -0.3 is 5.32 Å². The summed E-state index contributed by atoms with van der Waals surface area (Å²) in [5, 5.41) is 3.53. The zero-order valence-electron chi connectivity index (χ0n) is 11.7. The maximum absolute atomic E-state index is 3.58. The quantitative estimate of drug-likeness (QED) is 0.900. The van der Waals surface area contributed by atoms with Crippen molar-refractivity contribution >= 4 is 15.9 Å². The minimum atomic E-state index is 0.721. The second kappa shape index (κ2) is 5.94. The van der Waals surface area contributed by atoms with Crippen LogP contribution in [0, 0.1) is 0 Å². The first-order chi connectivity index (χ1) is 9.24. The number of benzene rings is 1. The van der Waals surface area contributed by atoms with Crippen molar-refractivity contribution in [3.05, 3.63) is 33.8 Å². The summed E-state index contributed by atoms with van der Waals surface area (Å²) in [6, 6.07) is 8.24. The predicted octanol–water partition coefficient (Wildman–Crippen LogP) is 2.99. The summed E-state index contributed by atoms with van der Waals surface area (Å²) in [6.07, 6.45) is 6.43. The SMILES string of the molecule is CN(C1CCCNC1)C1CCc2cc(Br)ccc2C1. The molecule has 2 atom stereocenters. The second-order valence-corrected chi connectivity index (χ2v) is 6.89. The van der Waals surface area contributed by atoms with E-state index in [9.17, 15) is 0 Å². The Balaban J connectivity index is 1.69. The monoisotopic (exact) mass is 322 g/mol. The van der Waals surface area contributed by atoms with Gasteiger partial charge in [0.2, 0.25) is 0 Å². The molecule has 1 aromatic carbocycles. The van der Waals surface area contributed by atoms with E-state index in [1.54, 1.807) is 11.1 Å². The molecule has 0 amide bonds. The third-order valence-electron chi connectivity index (χ3n) is 4.79. The van der Waals surface area contributed by atoms with Gasteiger partial charge in [-0.05, 0) is 69.0 Å². The molecule has 1 aliphatic heterocycles. The van der Waals surface area contributed by atoms with Crippen molar-refractivity contribution in [2.24, 2.45) is 0 Å². The predicted molar refractivity (Wildman–Crippen MR) is 83.6 cm³/mol. The van der Waals surface area contributed by atoms with Gasteiger partial charge in [-0.3, -0.25) is 4.90 Å². The summed E-state index contributed by atoms with van der Waals surface area (Å²) >= 11 is 3.58. The number of aryl methyl sites for hydroxylation is 1. The van der Waals surface area contributed by atoms with E-state index in [0.29, 0.717) is 0 Å². The van der Waals surface area contributed by atoms with Crippen molar-refractivity contribution in [2.45, 2.75) is 44.2 Å². The van der Waals surface area contributed by atoms with E-state index < -0.39 is 0 Å². The third-order valence-corrected chi connectivity index (χ3v) is 5.29. The maximum atomic E-state index is 3.58. The summed E-state index contributed by atoms with van der Waals surface area (Å²) < 4.78 is 1.22. The molecular weight excluding hydrogens is 300 g/mol. The van der Waals surface area contributed by atoms with E-state index in [2.05, 4.69) is 51.4 Å². The second-order valence-electron chi connectivity index (χ2n) is 5.98. The molecule has 0 radical (unpaired) electrons. The van der Waals surface area contributed by atoms with Gasteiger partial charge in [-0.25, -0.2) is 0 Å². The molecule has 3 rings (SSSR count). The molecular formula is C16H23BrN2. The van der Waals surface area contributed by atoms with Crippen molar-refractivity contribution in [3.8, 4) is 0 Å². The summed E-state index contributed by atoms with van der Waals surface area (Å²) in [6.45, 7) is 2.37. The molecule has 1 heterocycles. The number of nitrogens with zero attached hydrogens (tertiary/aromatic N) is 1. The van der Waals surface area contributed by atoms with E-state index in [1.807, 2.05) is 0 Å². The average molecular weight is 323 g/mol. The van der Waals surface area contributed by atoms with Gasteiger partial charge in [0.25, 0.3) is 0 Å². The fourth-order valence-corrected chi connectivity index (χ4v) is 3.94. The number of hydrogen-bond acceptors (Lipinski definition) is 2. The Kier molecular flexibility index (Phi) is 4.25. The van der Waals surface area contributed by atoms with Crippen molar-refractivity contribution in [1.29, 1.82) is 0 Å². The van der Waals surface area contributed by atoms with Crippen LogP contribution in [0.4, 0.5) is 0 Å². The summed E-state index contributed by atoms with van der Waals surface area (Å²) in [5.41, 5.74) is 3.09. The van der Waals surface area contributed by atoms with E-state index >= 15 is 0 Å². The van der Waals surface area contributed by atoms with Gasteiger partial charge in [0.1, 0.15) is 0 Å². The smallest absolute Gasteiger partial charge is 0.0221 e. The topological polar surface area (TPSA) is 15.3 Å². The number of likely N-dealkylation sites (N-methyl/N-ethyl adjacent to an activating group) is 1. The molecule has 0 spiro atoms. The van der Waals surface area contributed by atoms with Crippen LogP contribution in [0.25, 0.3) is 0 Å². The van der Waals surface area contributed by atoms with Gasteiger partial charge in [-0.15, -0.1) is 0 Å². The maximum Gasteiger partial charge on any atom is 0.0221 e. The summed E-state index contributed by atoms with van der Waals surface area (Å²) in [5.74, 6) is 0. The Morgan fingerprint density at radius 3 is 2.89 bits per heavy atom. The molecule has 1 aromatic rings. The van der Waals surface area contributed by atoms with Crippen LogP contribution in [0.1, 0.15) is 30.4 Å². The Labute approximate surface area is 124 Å². The van der Waals surface area contributed by atoms with E-state index in [-0.39, 0.29) is 0 Å². The van der Waals surface area contributed by atoms with Crippen molar-refractivity contribution < 1.29 is 0 Å². The Morgan fingerprint density at radius 1 is 1.21 bits per heavy atom. The Morgan fingerprint density at radius 2 is 2.11 bits per heavy atom. The highest BCUT2D eigenvalue weighted by Gasteiger charge is 2.27. The lowest BCUT2D eigenvalue weighted by molar-refractivity contribution is 0.135. The standard InChI is InChI=1S/C16H23BrN2/c1-19(16-3-2-8-18-11-16)15-7-5-12-9-14(17)6-4-13(12)10-15/h4,6,9,15-16,18H,2-3,5,7-8,10-11H2,1H3. The van der Waals surface area contributed by atoms with Crippen molar-refractivity contribution in [2.75, 3.05) is 20.1 Å². The van der Waals surface area contributed by atoms with E-state index in [0.717, 1.165) is 12.1 Å². The molecule has 0 aromatic heterocycles. The van der Waals surface area contributed by atoms with Crippen molar-refractivity contribution in [3.63, 3.8) is 0 Å². The largest absolute Gasteiger partial charge is 0.315 e. The number of nitrogens with one attached hydrogen (secondary N) is 1. The number of rotatable bonds is 2. The lowest BCUT2D eigenvalue weighted by atomic mass is 9.86. The van der Waals surface area contributed by atoms with Crippen LogP contribution in [0.3, 0.4) is 0 Å². The number of fused-ring (bicyclic) bond motifs is 1. The molecule has 2 nitrogen and oxygen atoms in total. The molecule has 2 unspecified atom stereocenters. The highest BCUT2D eigenvalue weighted by atomic mass is 79.9. The number of halogens is 1. The molecule has 1 fully saturated rings. The van der Waals surface area contributed by atoms with Crippen LogP contribution in [0.2, 0.25) is 0 Å². The average Bonchev–Trinajstić information content (AvgIpc) is 2.47. The minimum Gasteiger partial charge on any atom is -0.315 e. The molecule has 3 heteroatoms. The number of piperidine rings is 1. The molecule has 0 bridgehead atoms. The fourth-order valence-electron chi connectivity index (χ4n) is 3.53. The van der Waals surface area contributed by atoms with Gasteiger partial charge in [0, 0.05) is 23.1 Å². The van der Waals surface area contributed by atoms with Gasteiger partial charge in [0.15, 0.2) is 0 Å². The highest BCUT2D eigenvalue weighted by molar-refractivity contribution is 9.10. The highest BCUT2D eigenvalue weighted by Crippen LogP contribution is 2.28. The van der Waals surface area contributed by atoms with Crippen LogP contribution in [0.15, 0.2) is 22.7 Å². The number of hydrogen-bond donors (Lipinski definition) is 1. The molecule has 104 valence electrons. The molecule has 19 heavy (non-hydrogen) atoms. The van der Waals surface area contributed by atoms with Crippen LogP contribution in [-0.4, -0.2) is 37.1 Å². The first kappa shape index (κ1) is 13.6. The van der Waals surface area contributed by atoms with Gasteiger partial charge in [-0.2, -0.15) is 0 Å². The molecule has 1 aliphatic carbocycles. The summed E-state index contributed by atoms with van der Waals surface area (Å²) in [4.78, 5) is 2.64. The van der Waals surface area contributed by atoms with Gasteiger partial charge in [-0.1, -0.05) is 22.0 Å². The first-order valence-corrected chi connectivity index (χ1v) is 8.23. The summed E-state index contributed by atoms with van der Waals surface area (Å²) in [7, 11) is 2.33. The molecule has 1 saturated heterocycles. The third kappa shape index (κ3) is 3.04. The zero-order chi connectivity index (χ0) is 13.2. The lowest BCUT2D eigenvalue weighted by Gasteiger charge is -2.39. The fraction of sp³-hybridized carbons (Fsp3) is 0.625. The minimum absolute atomic E-state index is 0.721. The van der Waals surface area contributed by atoms with Crippen molar-refractivity contribution in [1.82, 2.24) is 10.2 Å². The van der Waals surface area contributed by atoms with Crippen LogP contribution >= 0.6 is 15.9 Å².